The van der Waals surface area contributed by atoms with Crippen molar-refractivity contribution in [3.05, 3.63) is 29.3 Å². The Morgan fingerprint density at radius 2 is 2.00 bits per heavy atom. The van der Waals surface area contributed by atoms with Crippen LogP contribution in [0.2, 0.25) is 0 Å². The van der Waals surface area contributed by atoms with Crippen molar-refractivity contribution < 1.29 is 4.79 Å². The van der Waals surface area contributed by atoms with Crippen molar-refractivity contribution in [2.75, 3.05) is 11.4 Å². The van der Waals surface area contributed by atoms with E-state index in [1.807, 2.05) is 4.90 Å². The highest BCUT2D eigenvalue weighted by molar-refractivity contribution is 5.96. The summed E-state index contributed by atoms with van der Waals surface area (Å²) in [5.74, 6) is 0.449. The van der Waals surface area contributed by atoms with E-state index in [0.717, 1.165) is 57.2 Å². The molecule has 1 aliphatic heterocycles. The van der Waals surface area contributed by atoms with E-state index in [2.05, 4.69) is 39.0 Å². The Kier molecular flexibility index (Phi) is 6.64. The lowest BCUT2D eigenvalue weighted by atomic mass is 9.94. The molecule has 1 heterocycles. The Bertz CT molecular complexity index is 522. The Hall–Kier alpha value is -1.35. The average molecular weight is 316 g/mol. The fourth-order valence-corrected chi connectivity index (χ4v) is 3.64. The van der Waals surface area contributed by atoms with E-state index in [-0.39, 0.29) is 12.0 Å². The monoisotopic (exact) mass is 316 g/mol. The van der Waals surface area contributed by atoms with Crippen molar-refractivity contribution in [1.82, 2.24) is 0 Å². The smallest absolute Gasteiger partial charge is 0.230 e. The van der Waals surface area contributed by atoms with Crippen molar-refractivity contribution in [3.8, 4) is 0 Å². The van der Waals surface area contributed by atoms with Crippen molar-refractivity contribution in [3.63, 3.8) is 0 Å². The first-order chi connectivity index (χ1) is 11.1. The zero-order valence-corrected chi connectivity index (χ0v) is 15.0. The van der Waals surface area contributed by atoms with E-state index < -0.39 is 0 Å². The lowest BCUT2D eigenvalue weighted by Crippen LogP contribution is -2.39. The van der Waals surface area contributed by atoms with Crippen LogP contribution in [0.15, 0.2) is 18.2 Å². The molecule has 0 saturated heterocycles. The maximum atomic E-state index is 12.8. The highest BCUT2D eigenvalue weighted by Gasteiger charge is 2.26. The van der Waals surface area contributed by atoms with Gasteiger partial charge in [0.05, 0.1) is 0 Å². The molecule has 1 aliphatic rings. The fraction of sp³-hybridized carbons (Fsp3) is 0.650. The molecule has 23 heavy (non-hydrogen) atoms. The molecule has 2 N–H and O–H groups in total. The summed E-state index contributed by atoms with van der Waals surface area (Å²) in [5.41, 5.74) is 9.93. The Morgan fingerprint density at radius 1 is 1.26 bits per heavy atom. The highest BCUT2D eigenvalue weighted by atomic mass is 16.2. The summed E-state index contributed by atoms with van der Waals surface area (Å²) < 4.78 is 0. The van der Waals surface area contributed by atoms with Crippen LogP contribution in [0.1, 0.15) is 64.0 Å². The molecule has 1 unspecified atom stereocenters. The molecule has 2 rings (SSSR count). The molecule has 0 bridgehead atoms. The van der Waals surface area contributed by atoms with Gasteiger partial charge in [-0.15, -0.1) is 0 Å². The molecule has 0 spiro atoms. The van der Waals surface area contributed by atoms with E-state index in [1.54, 1.807) is 0 Å². The van der Waals surface area contributed by atoms with E-state index >= 15 is 0 Å². The molecule has 128 valence electrons. The summed E-state index contributed by atoms with van der Waals surface area (Å²) in [7, 11) is 0. The van der Waals surface area contributed by atoms with Gasteiger partial charge in [-0.05, 0) is 55.7 Å². The lowest BCUT2D eigenvalue weighted by molar-refractivity contribution is -0.122. The number of amides is 1. The van der Waals surface area contributed by atoms with E-state index in [9.17, 15) is 4.79 Å². The summed E-state index contributed by atoms with van der Waals surface area (Å²) in [6, 6.07) is 6.82. The first kappa shape index (κ1) is 18.0. The topological polar surface area (TPSA) is 46.3 Å². The van der Waals surface area contributed by atoms with Crippen molar-refractivity contribution in [2.45, 2.75) is 71.8 Å². The standard InChI is InChI=1S/C20H32N2O/c1-4-8-18(21)14-15-10-11-19-17(13-15)9-7-12-22(19)20(23)16(5-2)6-3/h10-11,13,16,18H,4-9,12,14,21H2,1-3H3. The number of carbonyl (C=O) groups excluding carboxylic acids is 1. The molecule has 1 aromatic rings. The van der Waals surface area contributed by atoms with Gasteiger partial charge >= 0.3 is 0 Å². The number of nitrogens with two attached hydrogens (primary N) is 1. The van der Waals surface area contributed by atoms with Gasteiger partial charge in [0.2, 0.25) is 5.91 Å². The van der Waals surface area contributed by atoms with E-state index in [1.165, 1.54) is 11.1 Å². The molecule has 0 aliphatic carbocycles. The first-order valence-electron chi connectivity index (χ1n) is 9.29. The maximum Gasteiger partial charge on any atom is 0.230 e. The van der Waals surface area contributed by atoms with Gasteiger partial charge in [0, 0.05) is 24.2 Å². The number of rotatable bonds is 7. The Morgan fingerprint density at radius 3 is 2.65 bits per heavy atom. The second-order valence-electron chi connectivity index (χ2n) is 6.82. The molecule has 3 heteroatoms. The lowest BCUT2D eigenvalue weighted by Gasteiger charge is -2.32. The van der Waals surface area contributed by atoms with Crippen LogP contribution in [0.5, 0.6) is 0 Å². The zero-order valence-electron chi connectivity index (χ0n) is 15.0. The quantitative estimate of drug-likeness (QED) is 0.824. The van der Waals surface area contributed by atoms with Crippen LogP contribution in [-0.2, 0) is 17.6 Å². The molecular formula is C20H32N2O. The third kappa shape index (κ3) is 4.35. The van der Waals surface area contributed by atoms with E-state index in [0.29, 0.717) is 5.91 Å². The summed E-state index contributed by atoms with van der Waals surface area (Å²) in [6.45, 7) is 7.25. The molecule has 1 amide bonds. The van der Waals surface area contributed by atoms with Gasteiger partial charge in [0.1, 0.15) is 0 Å². The zero-order chi connectivity index (χ0) is 16.8. The van der Waals surface area contributed by atoms with Crippen LogP contribution in [0.3, 0.4) is 0 Å². The summed E-state index contributed by atoms with van der Waals surface area (Å²) in [6.07, 6.45) is 7.10. The van der Waals surface area contributed by atoms with Gasteiger partial charge in [-0.2, -0.15) is 0 Å². The Labute approximate surface area is 141 Å². The fourth-order valence-electron chi connectivity index (χ4n) is 3.64. The second-order valence-corrected chi connectivity index (χ2v) is 6.82. The van der Waals surface area contributed by atoms with Gasteiger partial charge in [-0.1, -0.05) is 39.3 Å². The molecular weight excluding hydrogens is 284 g/mol. The Balaban J connectivity index is 2.18. The third-order valence-corrected chi connectivity index (χ3v) is 5.02. The number of hydrogen-bond donors (Lipinski definition) is 1. The van der Waals surface area contributed by atoms with Crippen molar-refractivity contribution in [1.29, 1.82) is 0 Å². The maximum absolute atomic E-state index is 12.8. The van der Waals surface area contributed by atoms with Crippen LogP contribution < -0.4 is 10.6 Å². The van der Waals surface area contributed by atoms with Gasteiger partial charge in [0.15, 0.2) is 0 Å². The number of hydrogen-bond acceptors (Lipinski definition) is 2. The SMILES string of the molecule is CCCC(N)Cc1ccc2c(c1)CCCN2C(=O)C(CC)CC. The normalized spacial score (nSPS) is 15.6. The summed E-state index contributed by atoms with van der Waals surface area (Å²) in [4.78, 5) is 14.8. The minimum atomic E-state index is 0.151. The van der Waals surface area contributed by atoms with Crippen LogP contribution in [0, 0.1) is 5.92 Å². The first-order valence-corrected chi connectivity index (χ1v) is 9.29. The number of fused-ring (bicyclic) bond motifs is 1. The molecule has 1 atom stereocenters. The van der Waals surface area contributed by atoms with Crippen LogP contribution in [0.4, 0.5) is 5.69 Å². The van der Waals surface area contributed by atoms with Gasteiger partial charge in [-0.25, -0.2) is 0 Å². The molecule has 0 saturated carbocycles. The molecule has 1 aromatic carbocycles. The number of nitrogens with zero attached hydrogens (tertiary/aromatic N) is 1. The minimum Gasteiger partial charge on any atom is -0.327 e. The largest absolute Gasteiger partial charge is 0.327 e. The summed E-state index contributed by atoms with van der Waals surface area (Å²) >= 11 is 0. The van der Waals surface area contributed by atoms with Gasteiger partial charge in [-0.3, -0.25) is 4.79 Å². The van der Waals surface area contributed by atoms with Crippen LogP contribution in [-0.4, -0.2) is 18.5 Å². The van der Waals surface area contributed by atoms with Gasteiger partial charge < -0.3 is 10.6 Å². The average Bonchev–Trinajstić information content (AvgIpc) is 2.55. The van der Waals surface area contributed by atoms with E-state index in [4.69, 9.17) is 5.73 Å². The van der Waals surface area contributed by atoms with Gasteiger partial charge in [0.25, 0.3) is 0 Å². The molecule has 0 aromatic heterocycles. The van der Waals surface area contributed by atoms with Crippen molar-refractivity contribution >= 4 is 11.6 Å². The summed E-state index contributed by atoms with van der Waals surface area (Å²) in [5, 5.41) is 0. The molecule has 0 fully saturated rings. The highest BCUT2D eigenvalue weighted by Crippen LogP contribution is 2.30. The number of benzene rings is 1. The minimum absolute atomic E-state index is 0.151. The predicted octanol–water partition coefficient (Wildman–Crippen LogP) is 4.07. The van der Waals surface area contributed by atoms with Crippen molar-refractivity contribution in [2.24, 2.45) is 11.7 Å². The van der Waals surface area contributed by atoms with Crippen LogP contribution in [0.25, 0.3) is 0 Å². The molecule has 3 nitrogen and oxygen atoms in total. The second kappa shape index (κ2) is 8.49. The number of anilines is 1. The third-order valence-electron chi connectivity index (χ3n) is 5.02. The van der Waals surface area contributed by atoms with Crippen LogP contribution >= 0.6 is 0 Å². The predicted molar refractivity (Wildman–Crippen MR) is 97.8 cm³/mol. The number of carbonyl (C=O) groups is 1. The molecule has 0 radical (unpaired) electrons. The number of aryl methyl sites for hydroxylation is 1.